The van der Waals surface area contributed by atoms with Crippen molar-refractivity contribution in [2.24, 2.45) is 0 Å². The number of hydrogen-bond donors (Lipinski definition) is 1. The summed E-state index contributed by atoms with van der Waals surface area (Å²) in [5.74, 6) is -0.388. The molecule has 0 aliphatic carbocycles. The Balaban J connectivity index is 2.54. The molecule has 94 valence electrons. The van der Waals surface area contributed by atoms with Crippen LogP contribution in [0.5, 0.6) is 0 Å². The van der Waals surface area contributed by atoms with Gasteiger partial charge in [0.2, 0.25) is 0 Å². The van der Waals surface area contributed by atoms with Gasteiger partial charge >= 0.3 is 0 Å². The third kappa shape index (κ3) is 2.16. The van der Waals surface area contributed by atoms with Crippen molar-refractivity contribution in [1.29, 1.82) is 0 Å². The highest BCUT2D eigenvalue weighted by Crippen LogP contribution is 2.31. The molecule has 1 unspecified atom stereocenters. The second kappa shape index (κ2) is 4.54. The second-order valence-corrected chi connectivity index (χ2v) is 4.85. The van der Waals surface area contributed by atoms with Crippen LogP contribution >= 0.6 is 0 Å². The van der Waals surface area contributed by atoms with Gasteiger partial charge in [0.1, 0.15) is 11.4 Å². The van der Waals surface area contributed by atoms with Gasteiger partial charge in [-0.15, -0.1) is 0 Å². The Bertz CT molecular complexity index is 573. The summed E-state index contributed by atoms with van der Waals surface area (Å²) in [5, 5.41) is 10.6. The Morgan fingerprint density at radius 2 is 1.67 bits per heavy atom. The molecule has 1 atom stereocenters. The minimum Gasteiger partial charge on any atom is -0.381 e. The van der Waals surface area contributed by atoms with Gasteiger partial charge in [0, 0.05) is 5.56 Å². The van der Waals surface area contributed by atoms with Gasteiger partial charge in [-0.2, -0.15) is 0 Å². The molecular formula is C16H17FO. The van der Waals surface area contributed by atoms with E-state index in [0.717, 1.165) is 11.1 Å². The molecule has 0 saturated carbocycles. The topological polar surface area (TPSA) is 20.2 Å². The van der Waals surface area contributed by atoms with Crippen molar-refractivity contribution in [3.63, 3.8) is 0 Å². The van der Waals surface area contributed by atoms with Gasteiger partial charge in [-0.25, -0.2) is 4.39 Å². The van der Waals surface area contributed by atoms with Gasteiger partial charge < -0.3 is 5.11 Å². The van der Waals surface area contributed by atoms with E-state index in [1.807, 2.05) is 32.0 Å². The molecule has 0 spiro atoms. The van der Waals surface area contributed by atoms with E-state index in [0.29, 0.717) is 11.1 Å². The van der Waals surface area contributed by atoms with E-state index in [9.17, 15) is 9.50 Å². The summed E-state index contributed by atoms with van der Waals surface area (Å²) >= 11 is 0. The molecule has 0 fully saturated rings. The van der Waals surface area contributed by atoms with E-state index >= 15 is 0 Å². The fraction of sp³-hybridized carbons (Fsp3) is 0.250. The van der Waals surface area contributed by atoms with Crippen LogP contribution in [-0.2, 0) is 5.60 Å². The number of aliphatic hydroxyl groups is 1. The van der Waals surface area contributed by atoms with Gasteiger partial charge in [0.15, 0.2) is 0 Å². The zero-order valence-electron chi connectivity index (χ0n) is 10.9. The third-order valence-electron chi connectivity index (χ3n) is 3.47. The number of benzene rings is 2. The highest BCUT2D eigenvalue weighted by atomic mass is 19.1. The minimum absolute atomic E-state index is 0.299. The normalized spacial score (nSPS) is 14.3. The lowest BCUT2D eigenvalue weighted by atomic mass is 9.86. The quantitative estimate of drug-likeness (QED) is 0.854. The van der Waals surface area contributed by atoms with Gasteiger partial charge in [-0.1, -0.05) is 36.4 Å². The van der Waals surface area contributed by atoms with Crippen LogP contribution in [0, 0.1) is 19.7 Å². The summed E-state index contributed by atoms with van der Waals surface area (Å²) in [6.45, 7) is 5.61. The average Bonchev–Trinajstić information content (AvgIpc) is 2.33. The number of rotatable bonds is 2. The van der Waals surface area contributed by atoms with Crippen LogP contribution in [0.1, 0.15) is 29.2 Å². The Labute approximate surface area is 107 Å². The van der Waals surface area contributed by atoms with Crippen LogP contribution in [0.15, 0.2) is 42.5 Å². The first-order chi connectivity index (χ1) is 8.43. The van der Waals surface area contributed by atoms with Gasteiger partial charge in [0.25, 0.3) is 0 Å². The first kappa shape index (κ1) is 12.8. The van der Waals surface area contributed by atoms with E-state index in [2.05, 4.69) is 0 Å². The zero-order valence-corrected chi connectivity index (χ0v) is 10.9. The van der Waals surface area contributed by atoms with Crippen LogP contribution in [0.4, 0.5) is 4.39 Å². The Kier molecular flexibility index (Phi) is 3.22. The smallest absolute Gasteiger partial charge is 0.129 e. The Morgan fingerprint density at radius 1 is 1.00 bits per heavy atom. The fourth-order valence-corrected chi connectivity index (χ4v) is 2.06. The lowest BCUT2D eigenvalue weighted by molar-refractivity contribution is 0.0979. The maximum Gasteiger partial charge on any atom is 0.129 e. The van der Waals surface area contributed by atoms with Crippen molar-refractivity contribution >= 4 is 0 Å². The van der Waals surface area contributed by atoms with Crippen molar-refractivity contribution in [2.75, 3.05) is 0 Å². The Hall–Kier alpha value is -1.67. The molecule has 0 bridgehead atoms. The van der Waals surface area contributed by atoms with Gasteiger partial charge in [-0.05, 0) is 43.5 Å². The van der Waals surface area contributed by atoms with E-state index in [4.69, 9.17) is 0 Å². The van der Waals surface area contributed by atoms with Gasteiger partial charge in [-0.3, -0.25) is 0 Å². The lowest BCUT2D eigenvalue weighted by Gasteiger charge is -2.25. The maximum absolute atomic E-state index is 13.8. The molecule has 18 heavy (non-hydrogen) atoms. The van der Waals surface area contributed by atoms with E-state index < -0.39 is 5.60 Å². The molecule has 2 aromatic carbocycles. The van der Waals surface area contributed by atoms with E-state index in [1.165, 1.54) is 6.07 Å². The molecule has 0 heterocycles. The van der Waals surface area contributed by atoms with Crippen molar-refractivity contribution in [3.8, 4) is 0 Å². The third-order valence-corrected chi connectivity index (χ3v) is 3.47. The molecule has 0 aliphatic heterocycles. The molecule has 0 amide bonds. The summed E-state index contributed by atoms with van der Waals surface area (Å²) in [6.07, 6.45) is 0. The SMILES string of the molecule is Cc1ccc(C(C)(O)c2ccccc2F)cc1C. The predicted molar refractivity (Wildman–Crippen MR) is 71.0 cm³/mol. The summed E-state index contributed by atoms with van der Waals surface area (Å²) in [5.41, 5.74) is 1.93. The average molecular weight is 244 g/mol. The highest BCUT2D eigenvalue weighted by molar-refractivity contribution is 5.39. The Morgan fingerprint density at radius 3 is 2.28 bits per heavy atom. The van der Waals surface area contributed by atoms with Crippen molar-refractivity contribution in [3.05, 3.63) is 70.5 Å². The molecule has 0 radical (unpaired) electrons. The van der Waals surface area contributed by atoms with Gasteiger partial charge in [0.05, 0.1) is 0 Å². The van der Waals surface area contributed by atoms with Crippen molar-refractivity contribution in [1.82, 2.24) is 0 Å². The van der Waals surface area contributed by atoms with E-state index in [1.54, 1.807) is 25.1 Å². The predicted octanol–water partition coefficient (Wildman–Crippen LogP) is 3.70. The summed E-state index contributed by atoms with van der Waals surface area (Å²) < 4.78 is 13.8. The summed E-state index contributed by atoms with van der Waals surface area (Å²) in [7, 11) is 0. The molecule has 0 aromatic heterocycles. The molecule has 2 heteroatoms. The standard InChI is InChI=1S/C16H17FO/c1-11-8-9-13(10-12(11)2)16(3,18)14-6-4-5-7-15(14)17/h4-10,18H,1-3H3. The van der Waals surface area contributed by atoms with Crippen LogP contribution < -0.4 is 0 Å². The zero-order chi connectivity index (χ0) is 13.3. The number of aryl methyl sites for hydroxylation is 2. The molecule has 1 nitrogen and oxygen atoms in total. The van der Waals surface area contributed by atoms with Crippen molar-refractivity contribution < 1.29 is 9.50 Å². The molecule has 0 saturated heterocycles. The first-order valence-corrected chi connectivity index (χ1v) is 5.98. The lowest BCUT2D eigenvalue weighted by Crippen LogP contribution is -2.24. The monoisotopic (exact) mass is 244 g/mol. The molecular weight excluding hydrogens is 227 g/mol. The molecule has 2 rings (SSSR count). The van der Waals surface area contributed by atoms with Crippen molar-refractivity contribution in [2.45, 2.75) is 26.4 Å². The maximum atomic E-state index is 13.8. The van der Waals surface area contributed by atoms with Crippen LogP contribution in [-0.4, -0.2) is 5.11 Å². The first-order valence-electron chi connectivity index (χ1n) is 5.98. The van der Waals surface area contributed by atoms with Crippen LogP contribution in [0.3, 0.4) is 0 Å². The molecule has 2 aromatic rings. The largest absolute Gasteiger partial charge is 0.381 e. The minimum atomic E-state index is -1.32. The van der Waals surface area contributed by atoms with Crippen LogP contribution in [0.2, 0.25) is 0 Å². The van der Waals surface area contributed by atoms with E-state index in [-0.39, 0.29) is 5.82 Å². The summed E-state index contributed by atoms with van der Waals surface area (Å²) in [4.78, 5) is 0. The second-order valence-electron chi connectivity index (χ2n) is 4.85. The molecule has 0 aliphatic rings. The fourth-order valence-electron chi connectivity index (χ4n) is 2.06. The highest BCUT2D eigenvalue weighted by Gasteiger charge is 2.28. The molecule has 1 N–H and O–H groups in total. The number of halogens is 1. The summed E-state index contributed by atoms with van der Waals surface area (Å²) in [6, 6.07) is 12.0. The van der Waals surface area contributed by atoms with Crippen LogP contribution in [0.25, 0.3) is 0 Å². The number of hydrogen-bond acceptors (Lipinski definition) is 1.